The molecule has 0 spiro atoms. The molecule has 1 saturated heterocycles. The highest BCUT2D eigenvalue weighted by Crippen LogP contribution is 2.27. The van der Waals surface area contributed by atoms with E-state index in [9.17, 15) is 9.59 Å². The number of amides is 2. The number of halogens is 2. The summed E-state index contributed by atoms with van der Waals surface area (Å²) in [7, 11) is 0. The molecule has 27 heavy (non-hydrogen) atoms. The van der Waals surface area contributed by atoms with Crippen LogP contribution in [0.2, 0.25) is 10.0 Å². The van der Waals surface area contributed by atoms with Crippen molar-refractivity contribution in [2.45, 2.75) is 18.6 Å². The second-order valence-corrected chi connectivity index (χ2v) is 8.50. The van der Waals surface area contributed by atoms with Crippen LogP contribution in [0.3, 0.4) is 0 Å². The van der Waals surface area contributed by atoms with Gasteiger partial charge in [-0.25, -0.2) is 0 Å². The van der Waals surface area contributed by atoms with E-state index >= 15 is 0 Å². The minimum atomic E-state index is -0.621. The molecule has 0 saturated carbocycles. The molecule has 3 rings (SSSR count). The lowest BCUT2D eigenvalue weighted by Gasteiger charge is -2.21. The zero-order valence-electron chi connectivity index (χ0n) is 14.0. The zero-order chi connectivity index (χ0) is 19.4. The van der Waals surface area contributed by atoms with Gasteiger partial charge in [0.1, 0.15) is 5.25 Å². The molecule has 2 N–H and O–H groups in total. The Labute approximate surface area is 174 Å². The summed E-state index contributed by atoms with van der Waals surface area (Å²) in [6.07, 6.45) is 0.0461. The van der Waals surface area contributed by atoms with Crippen molar-refractivity contribution < 1.29 is 9.59 Å². The molecule has 0 bridgehead atoms. The van der Waals surface area contributed by atoms with Crippen molar-refractivity contribution in [2.24, 2.45) is 10.2 Å². The average Bonchev–Trinajstić information content (AvgIpc) is 3.17. The molecule has 1 aliphatic heterocycles. The lowest BCUT2D eigenvalue weighted by Crippen LogP contribution is -2.41. The number of thioether (sulfide) groups is 1. The van der Waals surface area contributed by atoms with E-state index in [2.05, 4.69) is 20.8 Å². The molecule has 1 atom stereocenters. The van der Waals surface area contributed by atoms with Gasteiger partial charge in [0, 0.05) is 12.1 Å². The molecule has 1 aromatic heterocycles. The molecule has 2 aromatic rings. The molecule has 1 unspecified atom stereocenters. The topological polar surface area (TPSA) is 82.9 Å². The quantitative estimate of drug-likeness (QED) is 0.545. The van der Waals surface area contributed by atoms with Crippen LogP contribution in [0.25, 0.3) is 0 Å². The van der Waals surface area contributed by atoms with E-state index < -0.39 is 5.25 Å². The second kappa shape index (κ2) is 8.88. The Morgan fingerprint density at radius 1 is 1.30 bits per heavy atom. The number of thiophene rings is 1. The fourth-order valence-electron chi connectivity index (χ4n) is 2.19. The fourth-order valence-corrected chi connectivity index (χ4v) is 4.09. The van der Waals surface area contributed by atoms with Crippen LogP contribution in [0.15, 0.2) is 45.9 Å². The third-order valence-electron chi connectivity index (χ3n) is 3.52. The smallest absolute Gasteiger partial charge is 0.238 e. The number of anilines is 1. The molecule has 0 radical (unpaired) electrons. The summed E-state index contributed by atoms with van der Waals surface area (Å²) in [5, 5.41) is 15.9. The molecule has 1 aliphatic rings. The van der Waals surface area contributed by atoms with Gasteiger partial charge in [-0.15, -0.1) is 16.4 Å². The van der Waals surface area contributed by atoms with E-state index in [1.165, 1.54) is 0 Å². The van der Waals surface area contributed by atoms with Gasteiger partial charge in [0.25, 0.3) is 0 Å². The van der Waals surface area contributed by atoms with Crippen LogP contribution in [0.1, 0.15) is 18.2 Å². The van der Waals surface area contributed by atoms with Gasteiger partial charge in [-0.1, -0.05) is 41.0 Å². The van der Waals surface area contributed by atoms with Crippen molar-refractivity contribution in [3.63, 3.8) is 0 Å². The van der Waals surface area contributed by atoms with Crippen molar-refractivity contribution >= 4 is 74.7 Å². The number of carbonyl (C=O) groups excluding carboxylic acids is 2. The summed E-state index contributed by atoms with van der Waals surface area (Å²) in [6.45, 7) is 1.83. The summed E-state index contributed by atoms with van der Waals surface area (Å²) in [5.74, 6) is -0.606. The molecule has 0 aliphatic carbocycles. The van der Waals surface area contributed by atoms with Gasteiger partial charge >= 0.3 is 0 Å². The van der Waals surface area contributed by atoms with E-state index in [-0.39, 0.29) is 23.4 Å². The van der Waals surface area contributed by atoms with Crippen molar-refractivity contribution in [1.29, 1.82) is 0 Å². The lowest BCUT2D eigenvalue weighted by molar-refractivity contribution is -0.123. The minimum Gasteiger partial charge on any atom is -0.325 e. The highest BCUT2D eigenvalue weighted by atomic mass is 35.5. The highest BCUT2D eigenvalue weighted by molar-refractivity contribution is 8.15. The van der Waals surface area contributed by atoms with Gasteiger partial charge in [-0.05, 0) is 36.6 Å². The van der Waals surface area contributed by atoms with Gasteiger partial charge in [0.2, 0.25) is 11.8 Å². The number of nitrogens with zero attached hydrogens (tertiary/aromatic N) is 2. The standard InChI is InChI=1S/C17H14Cl2N4O2S2/c1-9(13-3-2-6-26-13)22-23-17-21-15(24)8-14(27-17)16(25)20-10-4-5-11(18)12(19)7-10/h2-7,14H,8H2,1H3,(H,20,25)(H,21,23,24)/b22-9+. The zero-order valence-corrected chi connectivity index (χ0v) is 17.2. The summed E-state index contributed by atoms with van der Waals surface area (Å²) in [5.41, 5.74) is 1.24. The minimum absolute atomic E-state index is 0.0461. The van der Waals surface area contributed by atoms with Crippen LogP contribution in [0, 0.1) is 0 Å². The molecule has 140 valence electrons. The maximum absolute atomic E-state index is 12.5. The SMILES string of the molecule is C/C(=N\N=C1/NC(=O)CC(C(=O)Nc2ccc(Cl)c(Cl)c2)S1)c1cccs1. The largest absolute Gasteiger partial charge is 0.325 e. The Morgan fingerprint density at radius 2 is 2.11 bits per heavy atom. The molecular formula is C17H14Cl2N4O2S2. The van der Waals surface area contributed by atoms with E-state index in [1.807, 2.05) is 24.4 Å². The van der Waals surface area contributed by atoms with E-state index in [0.717, 1.165) is 22.4 Å². The van der Waals surface area contributed by atoms with E-state index in [1.54, 1.807) is 29.5 Å². The number of carbonyl (C=O) groups is 2. The van der Waals surface area contributed by atoms with Crippen molar-refractivity contribution in [3.05, 3.63) is 50.6 Å². The average molecular weight is 441 g/mol. The van der Waals surface area contributed by atoms with Crippen LogP contribution >= 0.6 is 46.3 Å². The molecule has 2 amide bonds. The molecule has 1 aromatic carbocycles. The van der Waals surface area contributed by atoms with Crippen molar-refractivity contribution in [1.82, 2.24) is 5.32 Å². The Kier molecular flexibility index (Phi) is 6.54. The first-order valence-corrected chi connectivity index (χ1v) is 10.3. The van der Waals surface area contributed by atoms with Crippen LogP contribution in [0.5, 0.6) is 0 Å². The van der Waals surface area contributed by atoms with Crippen LogP contribution in [-0.2, 0) is 9.59 Å². The summed E-state index contributed by atoms with van der Waals surface area (Å²) >= 11 is 14.5. The third kappa shape index (κ3) is 5.32. The second-order valence-electron chi connectivity index (χ2n) is 5.54. The normalized spacial score (nSPS) is 19.1. The van der Waals surface area contributed by atoms with Gasteiger partial charge in [-0.3, -0.25) is 9.59 Å². The maximum atomic E-state index is 12.5. The number of hydrogen-bond acceptors (Lipinski definition) is 6. The van der Waals surface area contributed by atoms with Crippen molar-refractivity contribution in [3.8, 4) is 0 Å². The van der Waals surface area contributed by atoms with Crippen LogP contribution in [0.4, 0.5) is 5.69 Å². The lowest BCUT2D eigenvalue weighted by atomic mass is 10.2. The summed E-state index contributed by atoms with van der Waals surface area (Å²) in [4.78, 5) is 25.4. The molecule has 6 nitrogen and oxygen atoms in total. The first kappa shape index (κ1) is 19.9. The number of amidine groups is 1. The van der Waals surface area contributed by atoms with Gasteiger partial charge in [0.05, 0.1) is 20.6 Å². The van der Waals surface area contributed by atoms with E-state index in [4.69, 9.17) is 23.2 Å². The van der Waals surface area contributed by atoms with E-state index in [0.29, 0.717) is 15.7 Å². The molecular weight excluding hydrogens is 427 g/mol. The Bertz CT molecular complexity index is 929. The Morgan fingerprint density at radius 3 is 2.81 bits per heavy atom. The molecule has 2 heterocycles. The van der Waals surface area contributed by atoms with Gasteiger partial charge < -0.3 is 10.6 Å². The van der Waals surface area contributed by atoms with Gasteiger partial charge in [-0.2, -0.15) is 5.10 Å². The summed E-state index contributed by atoms with van der Waals surface area (Å²) in [6, 6.07) is 8.65. The third-order valence-corrected chi connectivity index (χ3v) is 6.31. The number of benzene rings is 1. The maximum Gasteiger partial charge on any atom is 0.238 e. The molecule has 1 fully saturated rings. The first-order valence-electron chi connectivity index (χ1n) is 7.81. The Balaban J connectivity index is 1.69. The highest BCUT2D eigenvalue weighted by Gasteiger charge is 2.30. The Hall–Kier alpha value is -1.87. The fraction of sp³-hybridized carbons (Fsp3) is 0.176. The first-order chi connectivity index (χ1) is 12.9. The van der Waals surface area contributed by atoms with Gasteiger partial charge in [0.15, 0.2) is 5.17 Å². The summed E-state index contributed by atoms with van der Waals surface area (Å²) < 4.78 is 0. The van der Waals surface area contributed by atoms with Crippen LogP contribution < -0.4 is 10.6 Å². The number of nitrogens with one attached hydrogen (secondary N) is 2. The predicted molar refractivity (Wildman–Crippen MR) is 113 cm³/mol. The number of hydrogen-bond donors (Lipinski definition) is 2. The molecule has 10 heteroatoms. The van der Waals surface area contributed by atoms with Crippen LogP contribution in [-0.4, -0.2) is 27.9 Å². The predicted octanol–water partition coefficient (Wildman–Crippen LogP) is 4.40. The monoisotopic (exact) mass is 440 g/mol. The number of rotatable bonds is 4. The van der Waals surface area contributed by atoms with Crippen molar-refractivity contribution in [2.75, 3.05) is 5.32 Å².